The summed E-state index contributed by atoms with van der Waals surface area (Å²) in [6.07, 6.45) is 2.69. The minimum atomic E-state index is -1.01. The smallest absolute Gasteiger partial charge is 0.243 e. The third kappa shape index (κ3) is 14.7. The van der Waals surface area contributed by atoms with E-state index in [0.717, 1.165) is 18.4 Å². The summed E-state index contributed by atoms with van der Waals surface area (Å²) in [7, 11) is 0. The molecule has 0 fully saturated rings. The van der Waals surface area contributed by atoms with Crippen molar-refractivity contribution in [2.75, 3.05) is 39.6 Å². The van der Waals surface area contributed by atoms with Crippen LogP contribution in [0.25, 0.3) is 0 Å². The van der Waals surface area contributed by atoms with E-state index in [0.29, 0.717) is 13.0 Å². The van der Waals surface area contributed by atoms with E-state index in [4.69, 9.17) is 10.2 Å². The number of benzene rings is 1. The number of aliphatic hydroxyl groups excluding tert-OH is 2. The molecule has 0 aliphatic rings. The first-order valence-corrected chi connectivity index (χ1v) is 11.7. The molecule has 0 saturated heterocycles. The van der Waals surface area contributed by atoms with Crippen LogP contribution in [0.2, 0.25) is 0 Å². The largest absolute Gasteiger partial charge is 0.381 e. The van der Waals surface area contributed by atoms with Gasteiger partial charge < -0.3 is 36.8 Å². The van der Waals surface area contributed by atoms with Crippen LogP contribution in [0.15, 0.2) is 30.3 Å². The van der Waals surface area contributed by atoms with Crippen molar-refractivity contribution in [3.8, 4) is 0 Å². The van der Waals surface area contributed by atoms with Gasteiger partial charge in [-0.15, -0.1) is 0 Å². The number of hydrogen-bond acceptors (Lipinski definition) is 8. The first-order valence-electron chi connectivity index (χ1n) is 11.7. The van der Waals surface area contributed by atoms with Gasteiger partial charge in [-0.2, -0.15) is 0 Å². The molecule has 0 spiro atoms. The van der Waals surface area contributed by atoms with E-state index in [9.17, 15) is 24.0 Å². The minimum absolute atomic E-state index is 0.0847. The summed E-state index contributed by atoms with van der Waals surface area (Å²) in [5, 5.41) is 32.0. The average Bonchev–Trinajstić information content (AvgIpc) is 2.87. The molecule has 0 unspecified atom stereocenters. The van der Waals surface area contributed by atoms with Gasteiger partial charge in [0, 0.05) is 12.8 Å². The van der Waals surface area contributed by atoms with Crippen molar-refractivity contribution in [2.45, 2.75) is 38.1 Å². The molecule has 0 radical (unpaired) electrons. The molecular formula is C23H36N6O7. The number of carbonyl (C=O) groups excluding carboxylic acids is 5. The summed E-state index contributed by atoms with van der Waals surface area (Å²) in [5.74, 6) is -2.67. The zero-order chi connectivity index (χ0) is 26.6. The highest BCUT2D eigenvalue weighted by Gasteiger charge is 2.22. The molecule has 8 N–H and O–H groups in total. The Morgan fingerprint density at radius 1 is 0.694 bits per heavy atom. The summed E-state index contributed by atoms with van der Waals surface area (Å²) in [6, 6.07) is 7.92. The predicted octanol–water partition coefficient (Wildman–Crippen LogP) is -2.77. The zero-order valence-corrected chi connectivity index (χ0v) is 20.2. The second-order valence-electron chi connectivity index (χ2n) is 7.81. The standard InChI is InChI=1S/C23H36N6O7/c30-15-24-10-6-2-5-9-19(32)25-12-20(33)26-14-22(35)29-18(11-17-7-3-1-4-8-17)23(36)27-13-21(34)28-16-31/h1,3-4,7-8,18,24,30-31H,2,5-6,9-16H2,(H,25,32)(H,26,33)(H,27,36)(H,28,34)(H,29,35)/t18-/m0/s1. The van der Waals surface area contributed by atoms with Crippen LogP contribution in [0, 0.1) is 0 Å². The molecule has 0 aromatic heterocycles. The van der Waals surface area contributed by atoms with Gasteiger partial charge in [0.1, 0.15) is 12.8 Å². The molecule has 1 aromatic rings. The molecular weight excluding hydrogens is 472 g/mol. The highest BCUT2D eigenvalue weighted by molar-refractivity contribution is 5.92. The van der Waals surface area contributed by atoms with Crippen molar-refractivity contribution in [3.05, 3.63) is 35.9 Å². The summed E-state index contributed by atoms with van der Waals surface area (Å²) in [6.45, 7) is -1.06. The Hall–Kier alpha value is -3.55. The maximum atomic E-state index is 12.5. The van der Waals surface area contributed by atoms with Crippen LogP contribution in [0.5, 0.6) is 0 Å². The lowest BCUT2D eigenvalue weighted by molar-refractivity contribution is -0.131. The first kappa shape index (κ1) is 30.5. The second-order valence-corrected chi connectivity index (χ2v) is 7.81. The van der Waals surface area contributed by atoms with Gasteiger partial charge in [0.25, 0.3) is 0 Å². The molecule has 0 bridgehead atoms. The predicted molar refractivity (Wildman–Crippen MR) is 130 cm³/mol. The highest BCUT2D eigenvalue weighted by Crippen LogP contribution is 2.03. The number of carbonyl (C=O) groups is 5. The van der Waals surface area contributed by atoms with Crippen LogP contribution in [0.4, 0.5) is 0 Å². The van der Waals surface area contributed by atoms with Crippen molar-refractivity contribution in [1.29, 1.82) is 0 Å². The Balaban J connectivity index is 2.43. The summed E-state index contributed by atoms with van der Waals surface area (Å²) in [5.41, 5.74) is 0.772. The minimum Gasteiger partial charge on any atom is -0.381 e. The van der Waals surface area contributed by atoms with Crippen molar-refractivity contribution >= 4 is 29.5 Å². The Labute approximate surface area is 209 Å². The third-order valence-electron chi connectivity index (χ3n) is 4.90. The normalized spacial score (nSPS) is 11.2. The highest BCUT2D eigenvalue weighted by atomic mass is 16.3. The molecule has 0 saturated carbocycles. The Bertz CT molecular complexity index is 838. The summed E-state index contributed by atoms with van der Waals surface area (Å²) < 4.78 is 0. The van der Waals surface area contributed by atoms with Gasteiger partial charge in [0.2, 0.25) is 29.5 Å². The van der Waals surface area contributed by atoms with E-state index in [1.54, 1.807) is 30.3 Å². The van der Waals surface area contributed by atoms with Crippen LogP contribution in [0.1, 0.15) is 31.2 Å². The van der Waals surface area contributed by atoms with Crippen LogP contribution in [-0.4, -0.2) is 85.4 Å². The number of hydrogen-bond donors (Lipinski definition) is 8. The number of amides is 5. The van der Waals surface area contributed by atoms with E-state index in [1.807, 2.05) is 0 Å². The number of nitrogens with one attached hydrogen (secondary N) is 6. The molecule has 1 aromatic carbocycles. The molecule has 0 aliphatic heterocycles. The molecule has 36 heavy (non-hydrogen) atoms. The Morgan fingerprint density at radius 3 is 2.03 bits per heavy atom. The maximum absolute atomic E-state index is 12.5. The summed E-state index contributed by atoms with van der Waals surface area (Å²) in [4.78, 5) is 60.2. The lowest BCUT2D eigenvalue weighted by atomic mass is 10.1. The lowest BCUT2D eigenvalue weighted by Crippen LogP contribution is -2.52. The molecule has 1 atom stereocenters. The van der Waals surface area contributed by atoms with Crippen LogP contribution < -0.4 is 31.9 Å². The molecule has 13 heteroatoms. The van der Waals surface area contributed by atoms with Crippen molar-refractivity contribution in [2.24, 2.45) is 0 Å². The summed E-state index contributed by atoms with van der Waals surface area (Å²) >= 11 is 0. The Kier molecular flexibility index (Phi) is 15.9. The number of aliphatic hydroxyl groups is 2. The molecule has 0 aliphatic carbocycles. The van der Waals surface area contributed by atoms with Gasteiger partial charge in [0.05, 0.1) is 26.4 Å². The molecule has 5 amide bonds. The first-order chi connectivity index (χ1) is 17.3. The fraction of sp³-hybridized carbons (Fsp3) is 0.522. The van der Waals surface area contributed by atoms with Gasteiger partial charge in [-0.25, -0.2) is 0 Å². The quantitative estimate of drug-likeness (QED) is 0.0769. The lowest BCUT2D eigenvalue weighted by Gasteiger charge is -2.19. The topological polar surface area (TPSA) is 198 Å². The van der Waals surface area contributed by atoms with E-state index in [2.05, 4.69) is 31.9 Å². The molecule has 0 heterocycles. The van der Waals surface area contributed by atoms with Gasteiger partial charge in [0.15, 0.2) is 0 Å². The van der Waals surface area contributed by atoms with Gasteiger partial charge in [-0.1, -0.05) is 36.8 Å². The fourth-order valence-electron chi connectivity index (χ4n) is 3.05. The van der Waals surface area contributed by atoms with E-state index < -0.39 is 42.9 Å². The van der Waals surface area contributed by atoms with Gasteiger partial charge >= 0.3 is 0 Å². The van der Waals surface area contributed by atoms with Crippen LogP contribution >= 0.6 is 0 Å². The Morgan fingerprint density at radius 2 is 1.33 bits per heavy atom. The average molecular weight is 509 g/mol. The monoisotopic (exact) mass is 508 g/mol. The van der Waals surface area contributed by atoms with E-state index in [1.165, 1.54) is 0 Å². The number of unbranched alkanes of at least 4 members (excludes halogenated alkanes) is 2. The molecule has 200 valence electrons. The van der Waals surface area contributed by atoms with Gasteiger partial charge in [-0.3, -0.25) is 29.3 Å². The molecule has 1 rings (SSSR count). The van der Waals surface area contributed by atoms with E-state index in [-0.39, 0.29) is 38.6 Å². The fourth-order valence-corrected chi connectivity index (χ4v) is 3.05. The zero-order valence-electron chi connectivity index (χ0n) is 20.2. The number of rotatable bonds is 18. The third-order valence-corrected chi connectivity index (χ3v) is 4.90. The van der Waals surface area contributed by atoms with Crippen molar-refractivity contribution in [1.82, 2.24) is 31.9 Å². The SMILES string of the molecule is O=C(CCCCCNCO)NCC(=O)NCC(=O)N[C@@H](Cc1ccccc1)C(=O)NCC(=O)NCO. The van der Waals surface area contributed by atoms with Crippen LogP contribution in [0.3, 0.4) is 0 Å². The van der Waals surface area contributed by atoms with Gasteiger partial charge in [-0.05, 0) is 24.9 Å². The second kappa shape index (κ2) is 18.7. The van der Waals surface area contributed by atoms with Crippen molar-refractivity contribution in [3.63, 3.8) is 0 Å². The van der Waals surface area contributed by atoms with Crippen molar-refractivity contribution < 1.29 is 34.2 Å². The van der Waals surface area contributed by atoms with Crippen LogP contribution in [-0.2, 0) is 30.4 Å². The van der Waals surface area contributed by atoms with E-state index >= 15 is 0 Å². The maximum Gasteiger partial charge on any atom is 0.243 e. The molecule has 13 nitrogen and oxygen atoms in total.